The van der Waals surface area contributed by atoms with E-state index in [0.717, 1.165) is 5.56 Å². The molecule has 0 aliphatic heterocycles. The molecule has 2 rings (SSSR count). The van der Waals surface area contributed by atoms with Crippen molar-refractivity contribution in [1.82, 2.24) is 0 Å². The average molecular weight is 171 g/mol. The number of hydrogen-bond donors (Lipinski definition) is 1. The number of nitrogens with zero attached hydrogens (tertiary/aromatic N) is 1. The molecule has 0 fully saturated rings. The second-order valence-corrected chi connectivity index (χ2v) is 2.97. The number of hydrogen-bond acceptors (Lipinski definition) is 3. The molecule has 1 N–H and O–H groups in total. The summed E-state index contributed by atoms with van der Waals surface area (Å²) in [4.78, 5) is 11.4. The van der Waals surface area contributed by atoms with Gasteiger partial charge in [-0.2, -0.15) is 0 Å². The number of Topliss-reactive ketones (excluding diaryl/α,β-unsaturated/α-hetero) is 1. The molecule has 4 heteroatoms. The summed E-state index contributed by atoms with van der Waals surface area (Å²) in [5.41, 5.74) is 2.15. The summed E-state index contributed by atoms with van der Waals surface area (Å²) < 4.78 is 0. The summed E-state index contributed by atoms with van der Waals surface area (Å²) in [6.45, 7) is 0. The smallest absolute Gasteiger partial charge is 0.211 e. The van der Waals surface area contributed by atoms with Crippen LogP contribution in [0.25, 0.3) is 0 Å². The predicted octanol–water partition coefficient (Wildman–Crippen LogP) is 0.0494. The quantitative estimate of drug-likeness (QED) is 0.340. The van der Waals surface area contributed by atoms with E-state index >= 15 is 0 Å². The summed E-state index contributed by atoms with van der Waals surface area (Å²) in [5, 5.41) is 11.5. The van der Waals surface area contributed by atoms with E-state index in [2.05, 4.69) is 5.16 Å². The van der Waals surface area contributed by atoms with Crippen molar-refractivity contribution in [2.75, 3.05) is 0 Å². The third-order valence-electron chi connectivity index (χ3n) is 2.12. The fourth-order valence-electron chi connectivity index (χ4n) is 1.46. The minimum atomic E-state index is -0.232. The van der Waals surface area contributed by atoms with Crippen molar-refractivity contribution in [2.24, 2.45) is 5.16 Å². The van der Waals surface area contributed by atoms with Gasteiger partial charge in [-0.3, -0.25) is 4.79 Å². The molecule has 0 amide bonds. The number of rotatable bonds is 0. The van der Waals surface area contributed by atoms with Gasteiger partial charge in [0.15, 0.2) is 0 Å². The van der Waals surface area contributed by atoms with Gasteiger partial charge in [0.2, 0.25) is 5.78 Å². The Hall–Kier alpha value is -1.58. The SMILES string of the molecule is [B]c1ccc2c(c1)C(=O)/C(=N\O)C2. The number of oxime groups is 1. The molecule has 0 atom stereocenters. The van der Waals surface area contributed by atoms with Crippen LogP contribution < -0.4 is 5.46 Å². The lowest BCUT2D eigenvalue weighted by molar-refractivity contribution is 0.106. The first-order valence-corrected chi connectivity index (χ1v) is 3.86. The second-order valence-electron chi connectivity index (χ2n) is 2.97. The van der Waals surface area contributed by atoms with Gasteiger partial charge in [0.05, 0.1) is 0 Å². The first kappa shape index (κ1) is 8.04. The highest BCUT2D eigenvalue weighted by molar-refractivity contribution is 6.50. The van der Waals surface area contributed by atoms with Crippen LogP contribution in [-0.2, 0) is 6.42 Å². The highest BCUT2D eigenvalue weighted by Gasteiger charge is 2.26. The van der Waals surface area contributed by atoms with Crippen molar-refractivity contribution in [3.8, 4) is 0 Å². The van der Waals surface area contributed by atoms with Crippen LogP contribution in [0.4, 0.5) is 0 Å². The lowest BCUT2D eigenvalue weighted by atomic mass is 9.93. The fourth-order valence-corrected chi connectivity index (χ4v) is 1.46. The summed E-state index contributed by atoms with van der Waals surface area (Å²) in [7, 11) is 5.53. The van der Waals surface area contributed by atoms with Crippen LogP contribution in [0.2, 0.25) is 0 Å². The lowest BCUT2D eigenvalue weighted by Gasteiger charge is -1.96. The van der Waals surface area contributed by atoms with E-state index < -0.39 is 0 Å². The molecule has 0 spiro atoms. The van der Waals surface area contributed by atoms with E-state index in [-0.39, 0.29) is 11.5 Å². The third kappa shape index (κ3) is 1.14. The Morgan fingerprint density at radius 2 is 2.23 bits per heavy atom. The van der Waals surface area contributed by atoms with Crippen LogP contribution in [0.3, 0.4) is 0 Å². The number of ketones is 1. The number of fused-ring (bicyclic) bond motifs is 1. The van der Waals surface area contributed by atoms with Crippen molar-refractivity contribution in [2.45, 2.75) is 6.42 Å². The van der Waals surface area contributed by atoms with E-state index in [1.807, 2.05) is 0 Å². The maximum atomic E-state index is 11.4. The van der Waals surface area contributed by atoms with Gasteiger partial charge < -0.3 is 5.21 Å². The molecule has 0 saturated carbocycles. The average Bonchev–Trinajstić information content (AvgIpc) is 2.44. The van der Waals surface area contributed by atoms with Gasteiger partial charge in [-0.15, -0.1) is 0 Å². The van der Waals surface area contributed by atoms with Crippen molar-refractivity contribution in [3.05, 3.63) is 29.3 Å². The molecule has 0 aromatic heterocycles. The van der Waals surface area contributed by atoms with Gasteiger partial charge in [-0.1, -0.05) is 28.8 Å². The first-order valence-electron chi connectivity index (χ1n) is 3.86. The highest BCUT2D eigenvalue weighted by atomic mass is 16.4. The standard InChI is InChI=1S/C9H6BNO2/c10-6-2-1-5-3-8(11-13)9(12)7(5)4-6/h1-2,4,13H,3H2/b11-8-. The topological polar surface area (TPSA) is 49.7 Å². The maximum absolute atomic E-state index is 11.4. The van der Waals surface area contributed by atoms with Gasteiger partial charge in [0.1, 0.15) is 13.6 Å². The molecule has 0 unspecified atom stereocenters. The van der Waals surface area contributed by atoms with Crippen LogP contribution in [0, 0.1) is 0 Å². The van der Waals surface area contributed by atoms with Crippen LogP contribution in [0.1, 0.15) is 15.9 Å². The van der Waals surface area contributed by atoms with E-state index in [9.17, 15) is 4.79 Å². The second kappa shape index (κ2) is 2.73. The normalized spacial score (nSPS) is 17.8. The van der Waals surface area contributed by atoms with Crippen LogP contribution >= 0.6 is 0 Å². The Morgan fingerprint density at radius 3 is 2.92 bits per heavy atom. The molecule has 1 aliphatic carbocycles. The minimum absolute atomic E-state index is 0.181. The Kier molecular flexibility index (Phi) is 1.69. The molecule has 0 saturated heterocycles. The van der Waals surface area contributed by atoms with Gasteiger partial charge in [0.25, 0.3) is 0 Å². The highest BCUT2D eigenvalue weighted by Crippen LogP contribution is 2.18. The third-order valence-corrected chi connectivity index (χ3v) is 2.12. The van der Waals surface area contributed by atoms with E-state index in [1.54, 1.807) is 18.2 Å². The lowest BCUT2D eigenvalue weighted by Crippen LogP contribution is -2.09. The number of carbonyl (C=O) groups is 1. The summed E-state index contributed by atoms with van der Waals surface area (Å²) in [6, 6.07) is 5.11. The molecule has 1 aromatic rings. The summed E-state index contributed by atoms with van der Waals surface area (Å²) in [5.74, 6) is -0.232. The molecule has 1 aliphatic rings. The summed E-state index contributed by atoms with van der Waals surface area (Å²) in [6.07, 6.45) is 0.394. The summed E-state index contributed by atoms with van der Waals surface area (Å²) >= 11 is 0. The van der Waals surface area contributed by atoms with Gasteiger partial charge in [0, 0.05) is 12.0 Å². The zero-order chi connectivity index (χ0) is 9.42. The van der Waals surface area contributed by atoms with Crippen molar-refractivity contribution < 1.29 is 10.0 Å². The maximum Gasteiger partial charge on any atom is 0.211 e. The van der Waals surface area contributed by atoms with Gasteiger partial charge >= 0.3 is 0 Å². The monoisotopic (exact) mass is 171 g/mol. The van der Waals surface area contributed by atoms with Crippen LogP contribution in [0.5, 0.6) is 0 Å². The Labute approximate surface area is 76.5 Å². The van der Waals surface area contributed by atoms with Crippen molar-refractivity contribution >= 4 is 24.8 Å². The Bertz CT molecular complexity index is 412. The molecule has 0 bridgehead atoms. The molecular weight excluding hydrogens is 165 g/mol. The Morgan fingerprint density at radius 1 is 1.46 bits per heavy atom. The molecule has 1 aromatic carbocycles. The van der Waals surface area contributed by atoms with Crippen molar-refractivity contribution in [1.29, 1.82) is 0 Å². The first-order chi connectivity index (χ1) is 6.22. The molecule has 0 heterocycles. The largest absolute Gasteiger partial charge is 0.411 e. The molecule has 13 heavy (non-hydrogen) atoms. The van der Waals surface area contributed by atoms with Gasteiger partial charge in [-0.25, -0.2) is 0 Å². The molecular formula is C9H6BNO2. The van der Waals surface area contributed by atoms with Crippen LogP contribution in [-0.4, -0.2) is 24.5 Å². The fraction of sp³-hybridized carbons (Fsp3) is 0.111. The van der Waals surface area contributed by atoms with E-state index in [4.69, 9.17) is 13.1 Å². The number of carbonyl (C=O) groups excluding carboxylic acids is 1. The zero-order valence-corrected chi connectivity index (χ0v) is 6.82. The van der Waals surface area contributed by atoms with Crippen molar-refractivity contribution in [3.63, 3.8) is 0 Å². The van der Waals surface area contributed by atoms with E-state index in [1.165, 1.54) is 0 Å². The van der Waals surface area contributed by atoms with Gasteiger partial charge in [-0.05, 0) is 5.56 Å². The zero-order valence-electron chi connectivity index (χ0n) is 6.82. The Balaban J connectivity index is 2.57. The van der Waals surface area contributed by atoms with E-state index in [0.29, 0.717) is 17.4 Å². The molecule has 62 valence electrons. The minimum Gasteiger partial charge on any atom is -0.411 e. The molecule has 2 radical (unpaired) electrons. The number of benzene rings is 1. The van der Waals surface area contributed by atoms with Crippen LogP contribution in [0.15, 0.2) is 23.4 Å². The predicted molar refractivity (Wildman–Crippen MR) is 49.1 cm³/mol. The molecule has 3 nitrogen and oxygen atoms in total.